The highest BCUT2D eigenvalue weighted by atomic mass is 32.1. The number of imidazole rings is 1. The highest BCUT2D eigenvalue weighted by Gasteiger charge is 2.11. The molecule has 0 saturated carbocycles. The molecule has 6 heteroatoms. The van der Waals surface area contributed by atoms with Crippen molar-refractivity contribution in [2.24, 2.45) is 0 Å². The minimum atomic E-state index is 0.705. The van der Waals surface area contributed by atoms with E-state index in [0.29, 0.717) is 5.65 Å². The summed E-state index contributed by atoms with van der Waals surface area (Å²) in [4.78, 5) is 15.7. The zero-order valence-corrected chi connectivity index (χ0v) is 8.14. The first-order valence-corrected chi connectivity index (χ1v) is 4.89. The van der Waals surface area contributed by atoms with Crippen LogP contribution in [0.15, 0.2) is 6.33 Å². The molecule has 0 aliphatic carbocycles. The lowest BCUT2D eigenvalue weighted by atomic mass is 10.3. The van der Waals surface area contributed by atoms with Crippen LogP contribution in [0.4, 0.5) is 5.82 Å². The standard InChI is InChI=1S/C8H6N5S/c1-9-7-5-4(10-2-11-5)6-8(13-7)12-3-14-6/h2H,1H3,(H,9,13)(H,10,11). The summed E-state index contributed by atoms with van der Waals surface area (Å²) in [6.07, 6.45) is 1.66. The monoisotopic (exact) mass is 204 g/mol. The Morgan fingerprint density at radius 3 is 3.36 bits per heavy atom. The van der Waals surface area contributed by atoms with E-state index in [1.807, 2.05) is 7.05 Å². The van der Waals surface area contributed by atoms with E-state index >= 15 is 0 Å². The third-order valence-electron chi connectivity index (χ3n) is 2.05. The van der Waals surface area contributed by atoms with Crippen molar-refractivity contribution in [3.8, 4) is 0 Å². The summed E-state index contributed by atoms with van der Waals surface area (Å²) in [5.74, 6) is 0.744. The number of H-pyrrole nitrogens is 1. The average Bonchev–Trinajstić information content (AvgIpc) is 2.83. The molecule has 5 nitrogen and oxygen atoms in total. The van der Waals surface area contributed by atoms with Crippen molar-refractivity contribution in [3.63, 3.8) is 0 Å². The zero-order valence-electron chi connectivity index (χ0n) is 7.33. The lowest BCUT2D eigenvalue weighted by Crippen LogP contribution is -1.93. The molecule has 14 heavy (non-hydrogen) atoms. The number of pyridine rings is 1. The van der Waals surface area contributed by atoms with Gasteiger partial charge in [-0.25, -0.2) is 15.0 Å². The van der Waals surface area contributed by atoms with Crippen LogP contribution in [-0.4, -0.2) is 27.0 Å². The van der Waals surface area contributed by atoms with Gasteiger partial charge in [-0.2, -0.15) is 0 Å². The van der Waals surface area contributed by atoms with Crippen LogP contribution in [0.5, 0.6) is 0 Å². The summed E-state index contributed by atoms with van der Waals surface area (Å²) >= 11 is 1.44. The van der Waals surface area contributed by atoms with Crippen molar-refractivity contribution in [1.82, 2.24) is 19.9 Å². The van der Waals surface area contributed by atoms with Gasteiger partial charge in [0.15, 0.2) is 17.0 Å². The van der Waals surface area contributed by atoms with Gasteiger partial charge in [-0.15, -0.1) is 11.3 Å². The quantitative estimate of drug-likeness (QED) is 0.629. The summed E-state index contributed by atoms with van der Waals surface area (Å²) in [5, 5.41) is 3.00. The molecular weight excluding hydrogens is 198 g/mol. The fraction of sp³-hybridized carbons (Fsp3) is 0.125. The van der Waals surface area contributed by atoms with Crippen LogP contribution in [-0.2, 0) is 0 Å². The molecule has 0 saturated heterocycles. The second-order valence-corrected chi connectivity index (χ2v) is 3.59. The maximum absolute atomic E-state index is 4.33. The molecule has 0 amide bonds. The van der Waals surface area contributed by atoms with Crippen molar-refractivity contribution in [2.45, 2.75) is 0 Å². The van der Waals surface area contributed by atoms with Gasteiger partial charge in [0, 0.05) is 7.05 Å². The Balaban J connectivity index is 2.59. The molecule has 0 atom stereocenters. The van der Waals surface area contributed by atoms with Crippen LogP contribution in [0, 0.1) is 5.51 Å². The van der Waals surface area contributed by atoms with Gasteiger partial charge in [-0.3, -0.25) is 0 Å². The van der Waals surface area contributed by atoms with Gasteiger partial charge < -0.3 is 10.3 Å². The Morgan fingerprint density at radius 2 is 2.50 bits per heavy atom. The fourth-order valence-corrected chi connectivity index (χ4v) is 2.09. The topological polar surface area (TPSA) is 66.5 Å². The van der Waals surface area contributed by atoms with E-state index in [2.05, 4.69) is 30.8 Å². The fourth-order valence-electron chi connectivity index (χ4n) is 1.43. The van der Waals surface area contributed by atoms with Crippen LogP contribution in [0.2, 0.25) is 0 Å². The zero-order chi connectivity index (χ0) is 9.54. The van der Waals surface area contributed by atoms with Crippen LogP contribution in [0.3, 0.4) is 0 Å². The second kappa shape index (κ2) is 2.65. The number of rotatable bonds is 1. The number of nitrogens with zero attached hydrogens (tertiary/aromatic N) is 3. The van der Waals surface area contributed by atoms with Crippen LogP contribution < -0.4 is 5.32 Å². The number of hydrogen-bond acceptors (Lipinski definition) is 5. The van der Waals surface area contributed by atoms with Gasteiger partial charge in [0.05, 0.1) is 16.5 Å². The Hall–Kier alpha value is -1.69. The molecule has 0 fully saturated rings. The SMILES string of the molecule is CNc1nc2n[c]sc2c2[nH]cnc12. The van der Waals surface area contributed by atoms with E-state index in [4.69, 9.17) is 0 Å². The van der Waals surface area contributed by atoms with E-state index in [-0.39, 0.29) is 0 Å². The van der Waals surface area contributed by atoms with Gasteiger partial charge >= 0.3 is 0 Å². The Bertz CT molecular complexity index is 596. The molecule has 69 valence electrons. The van der Waals surface area contributed by atoms with Crippen molar-refractivity contribution >= 4 is 38.5 Å². The highest BCUT2D eigenvalue weighted by molar-refractivity contribution is 7.17. The number of aromatic amines is 1. The molecule has 3 rings (SSSR count). The minimum Gasteiger partial charge on any atom is -0.371 e. The van der Waals surface area contributed by atoms with Crippen LogP contribution in [0.25, 0.3) is 21.4 Å². The molecular formula is C8H6N5S. The van der Waals surface area contributed by atoms with Gasteiger partial charge in [0.1, 0.15) is 5.52 Å². The predicted molar refractivity (Wildman–Crippen MR) is 55.4 cm³/mol. The molecule has 2 N–H and O–H groups in total. The van der Waals surface area contributed by atoms with Gasteiger partial charge in [-0.05, 0) is 0 Å². The average molecular weight is 204 g/mol. The summed E-state index contributed by atoms with van der Waals surface area (Å²) in [7, 11) is 1.82. The van der Waals surface area contributed by atoms with Crippen LogP contribution in [0.1, 0.15) is 0 Å². The maximum Gasteiger partial charge on any atom is 0.175 e. The first-order valence-electron chi connectivity index (χ1n) is 4.07. The number of nitrogens with one attached hydrogen (secondary N) is 2. The number of anilines is 1. The molecule has 3 aromatic heterocycles. The van der Waals surface area contributed by atoms with Crippen molar-refractivity contribution in [1.29, 1.82) is 0 Å². The van der Waals surface area contributed by atoms with Crippen molar-refractivity contribution in [2.75, 3.05) is 12.4 Å². The lowest BCUT2D eigenvalue weighted by Gasteiger charge is -1.99. The lowest BCUT2D eigenvalue weighted by molar-refractivity contribution is 1.29. The number of fused-ring (bicyclic) bond motifs is 3. The third-order valence-corrected chi connectivity index (χ3v) is 2.82. The molecule has 1 radical (unpaired) electrons. The van der Waals surface area contributed by atoms with Gasteiger partial charge in [0.2, 0.25) is 0 Å². The number of aromatic nitrogens is 4. The van der Waals surface area contributed by atoms with Crippen molar-refractivity contribution < 1.29 is 0 Å². The summed E-state index contributed by atoms with van der Waals surface area (Å²) in [6, 6.07) is 0. The molecule has 0 bridgehead atoms. The summed E-state index contributed by atoms with van der Waals surface area (Å²) in [6.45, 7) is 0. The molecule has 0 aliphatic heterocycles. The normalized spacial score (nSPS) is 11.2. The summed E-state index contributed by atoms with van der Waals surface area (Å²) < 4.78 is 0.997. The van der Waals surface area contributed by atoms with Crippen LogP contribution >= 0.6 is 11.3 Å². The third kappa shape index (κ3) is 0.856. The van der Waals surface area contributed by atoms with E-state index in [0.717, 1.165) is 21.6 Å². The first-order chi connectivity index (χ1) is 6.90. The number of hydrogen-bond donors (Lipinski definition) is 2. The Kier molecular flexibility index (Phi) is 1.45. The predicted octanol–water partition coefficient (Wildman–Crippen LogP) is 1.41. The van der Waals surface area contributed by atoms with E-state index in [1.54, 1.807) is 6.33 Å². The van der Waals surface area contributed by atoms with E-state index in [9.17, 15) is 0 Å². The Labute approximate surface area is 83.2 Å². The minimum absolute atomic E-state index is 0.705. The molecule has 0 aromatic carbocycles. The highest BCUT2D eigenvalue weighted by Crippen LogP contribution is 2.27. The molecule has 0 spiro atoms. The molecule has 3 heterocycles. The molecule has 0 unspecified atom stereocenters. The van der Waals surface area contributed by atoms with E-state index in [1.165, 1.54) is 11.3 Å². The summed E-state index contributed by atoms with van der Waals surface area (Å²) in [5.41, 5.74) is 5.34. The first kappa shape index (κ1) is 7.69. The largest absolute Gasteiger partial charge is 0.371 e. The van der Waals surface area contributed by atoms with Crippen molar-refractivity contribution in [3.05, 3.63) is 11.8 Å². The van der Waals surface area contributed by atoms with Gasteiger partial charge in [-0.1, -0.05) is 0 Å². The van der Waals surface area contributed by atoms with Gasteiger partial charge in [0.25, 0.3) is 0 Å². The Morgan fingerprint density at radius 1 is 1.57 bits per heavy atom. The molecule has 3 aromatic rings. The van der Waals surface area contributed by atoms with E-state index < -0.39 is 0 Å². The second-order valence-electron chi connectivity index (χ2n) is 2.79. The maximum atomic E-state index is 4.33. The number of thiazole rings is 1. The smallest absolute Gasteiger partial charge is 0.175 e. The molecule has 0 aliphatic rings.